The van der Waals surface area contributed by atoms with Crippen molar-refractivity contribution in [1.29, 1.82) is 0 Å². The molecule has 0 bridgehead atoms. The summed E-state index contributed by atoms with van der Waals surface area (Å²) in [6.07, 6.45) is 2.54. The Labute approximate surface area is 73.7 Å². The van der Waals surface area contributed by atoms with E-state index in [9.17, 15) is 0 Å². The molecule has 3 heteroatoms. The third-order valence-corrected chi connectivity index (χ3v) is 2.32. The van der Waals surface area contributed by atoms with Gasteiger partial charge in [-0.2, -0.15) is 0 Å². The van der Waals surface area contributed by atoms with Crippen LogP contribution in [0.5, 0.6) is 0 Å². The molecule has 1 aliphatic rings. The van der Waals surface area contributed by atoms with Crippen molar-refractivity contribution in [1.82, 2.24) is 4.90 Å². The average molecular weight is 168 g/mol. The van der Waals surface area contributed by atoms with Crippen molar-refractivity contribution in [3.05, 3.63) is 12.4 Å². The molecule has 0 spiro atoms. The van der Waals surface area contributed by atoms with E-state index >= 15 is 0 Å². The Morgan fingerprint density at radius 1 is 1.50 bits per heavy atom. The summed E-state index contributed by atoms with van der Waals surface area (Å²) in [7, 11) is 1.76. The third-order valence-electron chi connectivity index (χ3n) is 2.32. The van der Waals surface area contributed by atoms with Crippen LogP contribution in [-0.2, 0) is 4.74 Å². The van der Waals surface area contributed by atoms with Crippen LogP contribution in [0, 0.1) is 0 Å². The molecule has 1 saturated heterocycles. The summed E-state index contributed by atoms with van der Waals surface area (Å²) in [6.45, 7) is 9.22. The standard InChI is InChI=1S/C9H16N2O/c1-8(10-2)11-6-4-9(12-3)5-7-11/h9H,1-2,4-7H2,3H3. The topological polar surface area (TPSA) is 24.8 Å². The fraction of sp³-hybridized carbons (Fsp3) is 0.667. The Morgan fingerprint density at radius 3 is 2.50 bits per heavy atom. The Morgan fingerprint density at radius 2 is 2.08 bits per heavy atom. The number of hydrogen-bond acceptors (Lipinski definition) is 3. The van der Waals surface area contributed by atoms with Gasteiger partial charge >= 0.3 is 0 Å². The van der Waals surface area contributed by atoms with Crippen LogP contribution in [0.2, 0.25) is 0 Å². The number of likely N-dealkylation sites (tertiary alicyclic amines) is 1. The van der Waals surface area contributed by atoms with Crippen molar-refractivity contribution in [2.24, 2.45) is 4.99 Å². The second-order valence-electron chi connectivity index (χ2n) is 3.00. The summed E-state index contributed by atoms with van der Waals surface area (Å²) in [5, 5.41) is 0. The van der Waals surface area contributed by atoms with E-state index in [1.54, 1.807) is 7.11 Å². The van der Waals surface area contributed by atoms with Gasteiger partial charge in [0.15, 0.2) is 0 Å². The van der Waals surface area contributed by atoms with Gasteiger partial charge in [0.05, 0.1) is 6.10 Å². The molecule has 0 atom stereocenters. The maximum Gasteiger partial charge on any atom is 0.120 e. The van der Waals surface area contributed by atoms with Crippen molar-refractivity contribution in [2.75, 3.05) is 20.2 Å². The van der Waals surface area contributed by atoms with Gasteiger partial charge in [-0.3, -0.25) is 0 Å². The molecule has 0 aromatic carbocycles. The number of nitrogens with zero attached hydrogens (tertiary/aromatic N) is 2. The molecule has 0 saturated carbocycles. The highest BCUT2D eigenvalue weighted by molar-refractivity contribution is 5.27. The smallest absolute Gasteiger partial charge is 0.120 e. The molecule has 1 fully saturated rings. The fourth-order valence-electron chi connectivity index (χ4n) is 1.45. The second-order valence-corrected chi connectivity index (χ2v) is 3.00. The Balaban J connectivity index is 2.35. The highest BCUT2D eigenvalue weighted by Gasteiger charge is 2.18. The Hall–Kier alpha value is -0.830. The summed E-state index contributed by atoms with van der Waals surface area (Å²) < 4.78 is 5.25. The van der Waals surface area contributed by atoms with Crippen LogP contribution >= 0.6 is 0 Å². The molecule has 12 heavy (non-hydrogen) atoms. The SMILES string of the molecule is C=NC(=C)N1CCC(OC)CC1. The minimum absolute atomic E-state index is 0.416. The van der Waals surface area contributed by atoms with Crippen LogP contribution in [0.25, 0.3) is 0 Å². The maximum absolute atomic E-state index is 5.25. The highest BCUT2D eigenvalue weighted by Crippen LogP contribution is 2.16. The van der Waals surface area contributed by atoms with Gasteiger partial charge in [-0.25, -0.2) is 4.99 Å². The average Bonchev–Trinajstić information content (AvgIpc) is 2.17. The van der Waals surface area contributed by atoms with E-state index in [2.05, 4.69) is 23.2 Å². The highest BCUT2D eigenvalue weighted by atomic mass is 16.5. The van der Waals surface area contributed by atoms with Crippen molar-refractivity contribution in [3.8, 4) is 0 Å². The number of aliphatic imine (C=N–C) groups is 1. The minimum atomic E-state index is 0.416. The van der Waals surface area contributed by atoms with Crippen molar-refractivity contribution in [3.63, 3.8) is 0 Å². The van der Waals surface area contributed by atoms with Crippen LogP contribution in [0.3, 0.4) is 0 Å². The molecular weight excluding hydrogens is 152 g/mol. The molecule has 1 aliphatic heterocycles. The van der Waals surface area contributed by atoms with Crippen molar-refractivity contribution < 1.29 is 4.74 Å². The summed E-state index contributed by atoms with van der Waals surface area (Å²) in [5.41, 5.74) is 0. The maximum atomic E-state index is 5.25. The first kappa shape index (κ1) is 9.26. The second kappa shape index (κ2) is 4.26. The molecule has 1 heterocycles. The first-order valence-corrected chi connectivity index (χ1v) is 4.21. The lowest BCUT2D eigenvalue weighted by Crippen LogP contribution is -2.35. The van der Waals surface area contributed by atoms with Gasteiger partial charge in [-0.1, -0.05) is 6.58 Å². The van der Waals surface area contributed by atoms with Gasteiger partial charge in [0.2, 0.25) is 0 Å². The predicted molar refractivity (Wildman–Crippen MR) is 50.3 cm³/mol. The van der Waals surface area contributed by atoms with Crippen LogP contribution in [0.4, 0.5) is 0 Å². The van der Waals surface area contributed by atoms with Crippen LogP contribution in [0.15, 0.2) is 17.4 Å². The van der Waals surface area contributed by atoms with E-state index in [-0.39, 0.29) is 0 Å². The zero-order valence-electron chi connectivity index (χ0n) is 7.62. The van der Waals surface area contributed by atoms with Crippen LogP contribution in [-0.4, -0.2) is 37.9 Å². The first-order valence-electron chi connectivity index (χ1n) is 4.21. The van der Waals surface area contributed by atoms with Crippen molar-refractivity contribution >= 4 is 6.72 Å². The van der Waals surface area contributed by atoms with Gasteiger partial charge < -0.3 is 9.64 Å². The minimum Gasteiger partial charge on any atom is -0.381 e. The van der Waals surface area contributed by atoms with E-state index < -0.39 is 0 Å². The van der Waals surface area contributed by atoms with E-state index in [0.29, 0.717) is 6.10 Å². The molecule has 0 amide bonds. The summed E-state index contributed by atoms with van der Waals surface area (Å²) >= 11 is 0. The number of ether oxygens (including phenoxy) is 1. The molecule has 1 rings (SSSR count). The van der Waals surface area contributed by atoms with Gasteiger partial charge in [0, 0.05) is 20.2 Å². The Bertz CT molecular complexity index is 171. The summed E-state index contributed by atoms with van der Waals surface area (Å²) in [6, 6.07) is 0. The van der Waals surface area contributed by atoms with Gasteiger partial charge in [-0.15, -0.1) is 0 Å². The molecule has 0 unspecified atom stereocenters. The van der Waals surface area contributed by atoms with Crippen molar-refractivity contribution in [2.45, 2.75) is 18.9 Å². The molecule has 0 radical (unpaired) electrons. The van der Waals surface area contributed by atoms with E-state index in [4.69, 9.17) is 4.74 Å². The van der Waals surface area contributed by atoms with Crippen LogP contribution in [0.1, 0.15) is 12.8 Å². The number of hydrogen-bond donors (Lipinski definition) is 0. The van der Waals surface area contributed by atoms with Gasteiger partial charge in [0.25, 0.3) is 0 Å². The third kappa shape index (κ3) is 2.08. The molecule has 3 nitrogen and oxygen atoms in total. The lowest BCUT2D eigenvalue weighted by atomic mass is 10.1. The normalized spacial score (nSPS) is 19.2. The quantitative estimate of drug-likeness (QED) is 0.593. The zero-order valence-corrected chi connectivity index (χ0v) is 7.62. The zero-order chi connectivity index (χ0) is 8.97. The predicted octanol–water partition coefficient (Wildman–Crippen LogP) is 1.27. The first-order chi connectivity index (χ1) is 5.77. The lowest BCUT2D eigenvalue weighted by Gasteiger charge is -2.32. The van der Waals surface area contributed by atoms with E-state index in [1.807, 2.05) is 0 Å². The number of rotatable bonds is 3. The molecular formula is C9H16N2O. The molecule has 0 aromatic rings. The van der Waals surface area contributed by atoms with E-state index in [1.165, 1.54) is 0 Å². The lowest BCUT2D eigenvalue weighted by molar-refractivity contribution is 0.0502. The van der Waals surface area contributed by atoms with Gasteiger partial charge in [0.1, 0.15) is 5.82 Å². The van der Waals surface area contributed by atoms with Crippen LogP contribution < -0.4 is 0 Å². The number of piperidine rings is 1. The molecule has 0 N–H and O–H groups in total. The number of methoxy groups -OCH3 is 1. The van der Waals surface area contributed by atoms with Gasteiger partial charge in [-0.05, 0) is 19.6 Å². The summed E-state index contributed by atoms with van der Waals surface area (Å²) in [4.78, 5) is 5.95. The molecule has 0 aromatic heterocycles. The summed E-state index contributed by atoms with van der Waals surface area (Å²) in [5.74, 6) is 0.782. The molecule has 0 aliphatic carbocycles. The molecule has 68 valence electrons. The largest absolute Gasteiger partial charge is 0.381 e. The fourth-order valence-corrected chi connectivity index (χ4v) is 1.45. The monoisotopic (exact) mass is 168 g/mol. The Kier molecular flexibility index (Phi) is 3.29. The van der Waals surface area contributed by atoms with E-state index in [0.717, 1.165) is 31.8 Å².